The highest BCUT2D eigenvalue weighted by Gasteiger charge is 2.39. The van der Waals surface area contributed by atoms with E-state index < -0.39 is 29.0 Å². The summed E-state index contributed by atoms with van der Waals surface area (Å²) in [6.45, 7) is 1.26. The van der Waals surface area contributed by atoms with Gasteiger partial charge in [0.1, 0.15) is 17.0 Å². The lowest BCUT2D eigenvalue weighted by Crippen LogP contribution is -2.38. The molecule has 3 aromatic rings. The summed E-state index contributed by atoms with van der Waals surface area (Å²) in [6.07, 6.45) is -3.13. The van der Waals surface area contributed by atoms with Gasteiger partial charge in [-0.1, -0.05) is 24.3 Å². The van der Waals surface area contributed by atoms with Crippen molar-refractivity contribution in [1.82, 2.24) is 15.5 Å². The van der Waals surface area contributed by atoms with E-state index in [1.165, 1.54) is 0 Å². The van der Waals surface area contributed by atoms with Gasteiger partial charge in [0.2, 0.25) is 0 Å². The molecule has 1 aromatic heterocycles. The van der Waals surface area contributed by atoms with Gasteiger partial charge in [0, 0.05) is 23.4 Å². The van der Waals surface area contributed by atoms with E-state index in [1.54, 1.807) is 24.3 Å². The number of piperidine rings is 1. The number of nitrogens with one attached hydrogen (secondary N) is 2. The van der Waals surface area contributed by atoms with Crippen molar-refractivity contribution in [3.05, 3.63) is 35.9 Å². The first-order valence-corrected chi connectivity index (χ1v) is 10.3. The lowest BCUT2D eigenvalue weighted by molar-refractivity contribution is -0.140. The Kier molecular flexibility index (Phi) is 6.50. The highest BCUT2D eigenvalue weighted by Crippen LogP contribution is 2.51. The number of phenols is 1. The van der Waals surface area contributed by atoms with Crippen molar-refractivity contribution >= 4 is 29.5 Å². The van der Waals surface area contributed by atoms with Crippen molar-refractivity contribution in [2.45, 2.75) is 25.1 Å². The molecule has 0 bridgehead atoms. The number of hydrogen-bond donors (Lipinski definition) is 3. The Bertz CT molecular complexity index is 1230. The van der Waals surface area contributed by atoms with Crippen molar-refractivity contribution in [2.24, 2.45) is 0 Å². The van der Waals surface area contributed by atoms with E-state index in [0.717, 1.165) is 25.9 Å². The zero-order chi connectivity index (χ0) is 24.3. The molecule has 0 unspecified atom stereocenters. The quantitative estimate of drug-likeness (QED) is 0.441. The number of carbonyl (C=O) groups excluding carboxylic acids is 2. The van der Waals surface area contributed by atoms with Crippen molar-refractivity contribution in [1.29, 1.82) is 0 Å². The third-order valence-electron chi connectivity index (χ3n) is 5.41. The summed E-state index contributed by atoms with van der Waals surface area (Å²) in [5.41, 5.74) is -1.95. The standard InChI is InChI=1S/C22H19F3N4O5/c23-22(24,25)15-8-16(32)17(20(34-11-31)19(15)33-10-30)18-13-5-1-2-6-14(13)21(29-28-18)27-12-4-3-7-26-9-12/h1-2,5-6,8,10-12,26,32H,3-4,7,9H2,(H,27,29)/t12-/m1/s1. The molecular weight excluding hydrogens is 457 g/mol. The van der Waals surface area contributed by atoms with Crippen LogP contribution in [-0.2, 0) is 15.8 Å². The predicted octanol–water partition coefficient (Wildman–Crippen LogP) is 3.26. The molecule has 12 heteroatoms. The average molecular weight is 476 g/mol. The fourth-order valence-electron chi connectivity index (χ4n) is 3.96. The molecule has 1 saturated heterocycles. The minimum Gasteiger partial charge on any atom is -0.507 e. The Morgan fingerprint density at radius 3 is 2.44 bits per heavy atom. The molecule has 0 radical (unpaired) electrons. The number of rotatable bonds is 7. The summed E-state index contributed by atoms with van der Waals surface area (Å²) in [5.74, 6) is -2.34. The van der Waals surface area contributed by atoms with Gasteiger partial charge in [-0.05, 0) is 25.5 Å². The third-order valence-corrected chi connectivity index (χ3v) is 5.41. The number of fused-ring (bicyclic) bond motifs is 1. The van der Waals surface area contributed by atoms with Crippen LogP contribution in [0.1, 0.15) is 18.4 Å². The number of nitrogens with zero attached hydrogens (tertiary/aromatic N) is 2. The molecule has 2 aromatic carbocycles. The van der Waals surface area contributed by atoms with Crippen LogP contribution < -0.4 is 20.1 Å². The number of anilines is 1. The summed E-state index contributed by atoms with van der Waals surface area (Å²) in [5, 5.41) is 26.5. The van der Waals surface area contributed by atoms with E-state index in [0.29, 0.717) is 22.7 Å². The summed E-state index contributed by atoms with van der Waals surface area (Å²) in [6, 6.07) is 7.25. The molecule has 1 aliphatic rings. The monoisotopic (exact) mass is 476 g/mol. The van der Waals surface area contributed by atoms with Gasteiger partial charge in [0.25, 0.3) is 12.9 Å². The highest BCUT2D eigenvalue weighted by atomic mass is 19.4. The normalized spacial score (nSPS) is 16.1. The smallest absolute Gasteiger partial charge is 0.420 e. The molecule has 0 saturated carbocycles. The van der Waals surface area contributed by atoms with Gasteiger partial charge in [-0.2, -0.15) is 13.2 Å². The average Bonchev–Trinajstić information content (AvgIpc) is 2.82. The highest BCUT2D eigenvalue weighted by molar-refractivity contribution is 6.02. The summed E-state index contributed by atoms with van der Waals surface area (Å²) >= 11 is 0. The van der Waals surface area contributed by atoms with Gasteiger partial charge in [-0.3, -0.25) is 9.59 Å². The van der Waals surface area contributed by atoms with Crippen LogP contribution in [0.3, 0.4) is 0 Å². The first-order valence-electron chi connectivity index (χ1n) is 10.3. The number of alkyl halides is 3. The first kappa shape index (κ1) is 23.2. The molecular formula is C22H19F3N4O5. The number of phenolic OH excluding ortho intramolecular Hbond substituents is 1. The molecule has 1 fully saturated rings. The minimum absolute atomic E-state index is 0.0678. The topological polar surface area (TPSA) is 123 Å². The van der Waals surface area contributed by atoms with Gasteiger partial charge in [-0.15, -0.1) is 10.2 Å². The van der Waals surface area contributed by atoms with Crippen LogP contribution in [0.2, 0.25) is 0 Å². The zero-order valence-electron chi connectivity index (χ0n) is 17.6. The number of halogens is 3. The molecule has 9 nitrogen and oxygen atoms in total. The van der Waals surface area contributed by atoms with Gasteiger partial charge >= 0.3 is 6.18 Å². The number of aromatic hydroxyl groups is 1. The second-order valence-corrected chi connectivity index (χ2v) is 7.53. The lowest BCUT2D eigenvalue weighted by Gasteiger charge is -2.25. The fraction of sp³-hybridized carbons (Fsp3) is 0.273. The van der Waals surface area contributed by atoms with Crippen molar-refractivity contribution in [3.8, 4) is 28.5 Å². The molecule has 3 N–H and O–H groups in total. The summed E-state index contributed by atoms with van der Waals surface area (Å²) in [7, 11) is 0. The van der Waals surface area contributed by atoms with Crippen LogP contribution in [0.25, 0.3) is 22.0 Å². The molecule has 34 heavy (non-hydrogen) atoms. The largest absolute Gasteiger partial charge is 0.507 e. The van der Waals surface area contributed by atoms with Gasteiger partial charge in [-0.25, -0.2) is 0 Å². The molecule has 0 amide bonds. The maximum Gasteiger partial charge on any atom is 0.420 e. The van der Waals surface area contributed by atoms with Gasteiger partial charge in [0.15, 0.2) is 17.3 Å². The Labute approximate surface area is 190 Å². The molecule has 0 spiro atoms. The molecule has 0 aliphatic carbocycles. The number of benzene rings is 2. The van der Waals surface area contributed by atoms with E-state index in [4.69, 9.17) is 4.74 Å². The zero-order valence-corrected chi connectivity index (χ0v) is 17.6. The molecule has 178 valence electrons. The van der Waals surface area contributed by atoms with Crippen LogP contribution in [0.5, 0.6) is 17.2 Å². The number of hydrogen-bond acceptors (Lipinski definition) is 9. The number of aromatic nitrogens is 2. The van der Waals surface area contributed by atoms with Crippen LogP contribution >= 0.6 is 0 Å². The van der Waals surface area contributed by atoms with E-state index in [-0.39, 0.29) is 30.2 Å². The van der Waals surface area contributed by atoms with Crippen LogP contribution in [-0.4, -0.2) is 47.4 Å². The van der Waals surface area contributed by atoms with Crippen LogP contribution in [0.15, 0.2) is 30.3 Å². The second kappa shape index (κ2) is 9.51. The summed E-state index contributed by atoms with van der Waals surface area (Å²) < 4.78 is 49.9. The Morgan fingerprint density at radius 2 is 1.79 bits per heavy atom. The lowest BCUT2D eigenvalue weighted by atomic mass is 9.99. The summed E-state index contributed by atoms with van der Waals surface area (Å²) in [4.78, 5) is 22.1. The van der Waals surface area contributed by atoms with Crippen molar-refractivity contribution < 1.29 is 37.3 Å². The van der Waals surface area contributed by atoms with Crippen LogP contribution in [0, 0.1) is 0 Å². The predicted molar refractivity (Wildman–Crippen MR) is 115 cm³/mol. The van der Waals surface area contributed by atoms with E-state index in [9.17, 15) is 27.9 Å². The van der Waals surface area contributed by atoms with Gasteiger partial charge < -0.3 is 25.2 Å². The Balaban J connectivity index is 1.93. The minimum atomic E-state index is -5.02. The SMILES string of the molecule is O=COc1c(C(F)(F)F)cc(O)c(-c2nnc(N[C@@H]3CCCNC3)c3ccccc23)c1OC=O. The first-order chi connectivity index (χ1) is 16.3. The number of ether oxygens (including phenoxy) is 2. The Hall–Kier alpha value is -3.93. The molecule has 1 aliphatic heterocycles. The van der Waals surface area contributed by atoms with E-state index >= 15 is 0 Å². The van der Waals surface area contributed by atoms with Crippen molar-refractivity contribution in [2.75, 3.05) is 18.4 Å². The second-order valence-electron chi connectivity index (χ2n) is 7.53. The maximum absolute atomic E-state index is 13.5. The molecule has 1 atom stereocenters. The maximum atomic E-state index is 13.5. The number of carbonyl (C=O) groups is 2. The van der Waals surface area contributed by atoms with Crippen LogP contribution in [0.4, 0.5) is 19.0 Å². The molecule has 4 rings (SSSR count). The van der Waals surface area contributed by atoms with E-state index in [2.05, 4.69) is 25.6 Å². The Morgan fingerprint density at radius 1 is 1.09 bits per heavy atom. The molecule has 2 heterocycles. The van der Waals surface area contributed by atoms with Crippen molar-refractivity contribution in [3.63, 3.8) is 0 Å². The third kappa shape index (κ3) is 4.44. The fourth-order valence-corrected chi connectivity index (χ4v) is 3.96. The van der Waals surface area contributed by atoms with Gasteiger partial charge in [0.05, 0.1) is 5.56 Å². The van der Waals surface area contributed by atoms with E-state index in [1.807, 2.05) is 0 Å².